The zero-order valence-electron chi connectivity index (χ0n) is 12.4. The molecule has 0 radical (unpaired) electrons. The first-order chi connectivity index (χ1) is 11.6. The van der Waals surface area contributed by atoms with Crippen molar-refractivity contribution in [2.75, 3.05) is 11.2 Å². The SMILES string of the molecule is CSc1nccc(C2c3cc(F)c(I)nc3N3C(S)=NC=CC23)n1. The van der Waals surface area contributed by atoms with Crippen LogP contribution in [0.1, 0.15) is 17.2 Å². The number of aromatic nitrogens is 3. The number of thiol groups is 1. The Morgan fingerprint density at radius 1 is 1.38 bits per heavy atom. The van der Waals surface area contributed by atoms with E-state index in [1.54, 1.807) is 18.5 Å². The highest BCUT2D eigenvalue weighted by atomic mass is 127. The zero-order chi connectivity index (χ0) is 16.8. The predicted octanol–water partition coefficient (Wildman–Crippen LogP) is 3.47. The molecule has 2 atom stereocenters. The van der Waals surface area contributed by atoms with Crippen molar-refractivity contribution in [2.45, 2.75) is 17.1 Å². The second kappa shape index (κ2) is 6.26. The lowest BCUT2D eigenvalue weighted by Gasteiger charge is -2.28. The predicted molar refractivity (Wildman–Crippen MR) is 104 cm³/mol. The molecule has 0 saturated carbocycles. The summed E-state index contributed by atoms with van der Waals surface area (Å²) in [5.41, 5.74) is 1.62. The fourth-order valence-corrected chi connectivity index (χ4v) is 4.05. The number of hydrogen-bond acceptors (Lipinski definition) is 6. The van der Waals surface area contributed by atoms with Gasteiger partial charge in [0.1, 0.15) is 9.52 Å². The summed E-state index contributed by atoms with van der Waals surface area (Å²) in [6.45, 7) is 0. The molecule has 4 heterocycles. The zero-order valence-corrected chi connectivity index (χ0v) is 16.3. The van der Waals surface area contributed by atoms with Gasteiger partial charge in [0.05, 0.1) is 17.7 Å². The summed E-state index contributed by atoms with van der Waals surface area (Å²) in [4.78, 5) is 19.4. The summed E-state index contributed by atoms with van der Waals surface area (Å²) in [6, 6.07) is 3.33. The van der Waals surface area contributed by atoms with Crippen molar-refractivity contribution in [3.05, 3.63) is 51.4 Å². The van der Waals surface area contributed by atoms with Gasteiger partial charge in [-0.2, -0.15) is 0 Å². The van der Waals surface area contributed by atoms with Crippen molar-refractivity contribution in [2.24, 2.45) is 4.99 Å². The number of hydrogen-bond donors (Lipinski definition) is 1. The molecule has 24 heavy (non-hydrogen) atoms. The standard InChI is InChI=1S/C15H11FIN5S2/c1-24-14-18-4-2-9(20-14)11-7-6-8(16)12(17)21-13(7)22-10(11)3-5-19-15(22)23/h2-6,10-11H,1H3,(H,19,23). The van der Waals surface area contributed by atoms with Crippen LogP contribution >= 0.6 is 47.0 Å². The summed E-state index contributed by atoms with van der Waals surface area (Å²) in [6.07, 6.45) is 7.35. The maximum absolute atomic E-state index is 14.2. The number of amidine groups is 1. The van der Waals surface area contributed by atoms with Gasteiger partial charge in [0.15, 0.2) is 16.1 Å². The highest BCUT2D eigenvalue weighted by Gasteiger charge is 2.43. The fraction of sp³-hybridized carbons (Fsp3) is 0.200. The van der Waals surface area contributed by atoms with E-state index in [2.05, 4.69) is 32.6 Å². The molecule has 2 aromatic heterocycles. The Morgan fingerprint density at radius 2 is 2.21 bits per heavy atom. The van der Waals surface area contributed by atoms with E-state index in [1.807, 2.05) is 45.9 Å². The van der Waals surface area contributed by atoms with Gasteiger partial charge in [-0.25, -0.2) is 24.3 Å². The molecule has 0 aliphatic carbocycles. The van der Waals surface area contributed by atoms with Crippen LogP contribution in [0.15, 0.2) is 40.8 Å². The minimum Gasteiger partial charge on any atom is -0.297 e. The van der Waals surface area contributed by atoms with Crippen molar-refractivity contribution in [1.82, 2.24) is 15.0 Å². The van der Waals surface area contributed by atoms with Gasteiger partial charge in [-0.1, -0.05) is 11.8 Å². The van der Waals surface area contributed by atoms with Gasteiger partial charge in [-0.3, -0.25) is 4.90 Å². The Balaban J connectivity index is 1.93. The third-order valence-corrected chi connectivity index (χ3v) is 5.64. The lowest BCUT2D eigenvalue weighted by molar-refractivity contribution is 0.608. The van der Waals surface area contributed by atoms with Gasteiger partial charge in [0, 0.05) is 18.0 Å². The normalized spacial score (nSPS) is 21.5. The topological polar surface area (TPSA) is 54.3 Å². The molecule has 2 unspecified atom stereocenters. The molecule has 2 aliphatic rings. The molecule has 122 valence electrons. The first-order valence-electron chi connectivity index (χ1n) is 7.05. The molecule has 2 aliphatic heterocycles. The first kappa shape index (κ1) is 16.3. The number of halogens is 2. The van der Waals surface area contributed by atoms with Crippen molar-refractivity contribution in [3.8, 4) is 0 Å². The molecule has 9 heteroatoms. The minimum atomic E-state index is -0.333. The number of rotatable bonds is 2. The lowest BCUT2D eigenvalue weighted by Crippen LogP contribution is -2.38. The summed E-state index contributed by atoms with van der Waals surface area (Å²) in [5, 5.41) is 1.23. The van der Waals surface area contributed by atoms with Gasteiger partial charge >= 0.3 is 0 Å². The van der Waals surface area contributed by atoms with Crippen LogP contribution in [0.5, 0.6) is 0 Å². The fourth-order valence-electron chi connectivity index (χ4n) is 3.01. The Labute approximate surface area is 161 Å². The quantitative estimate of drug-likeness (QED) is 0.239. The monoisotopic (exact) mass is 471 g/mol. The third kappa shape index (κ3) is 2.53. The van der Waals surface area contributed by atoms with E-state index in [-0.39, 0.29) is 17.8 Å². The van der Waals surface area contributed by atoms with Crippen molar-refractivity contribution < 1.29 is 4.39 Å². The molecule has 2 aromatic rings. The molecule has 0 saturated heterocycles. The second-order valence-electron chi connectivity index (χ2n) is 5.25. The van der Waals surface area contributed by atoms with E-state index in [0.717, 1.165) is 11.3 Å². The van der Waals surface area contributed by atoms with Crippen LogP contribution in [0.4, 0.5) is 10.2 Å². The summed E-state index contributed by atoms with van der Waals surface area (Å²) < 4.78 is 14.5. The van der Waals surface area contributed by atoms with Crippen LogP contribution in [0.2, 0.25) is 0 Å². The van der Waals surface area contributed by atoms with Gasteiger partial charge in [-0.05, 0) is 47.1 Å². The smallest absolute Gasteiger partial charge is 0.187 e. The maximum Gasteiger partial charge on any atom is 0.187 e. The molecule has 0 amide bonds. The van der Waals surface area contributed by atoms with Crippen LogP contribution in [0.3, 0.4) is 0 Å². The van der Waals surface area contributed by atoms with E-state index in [1.165, 1.54) is 11.8 Å². The van der Waals surface area contributed by atoms with E-state index in [4.69, 9.17) is 0 Å². The van der Waals surface area contributed by atoms with Gasteiger partial charge < -0.3 is 0 Å². The van der Waals surface area contributed by atoms with E-state index >= 15 is 0 Å². The summed E-state index contributed by atoms with van der Waals surface area (Å²) in [5.74, 6) is 0.194. The maximum atomic E-state index is 14.2. The molecule has 5 nitrogen and oxygen atoms in total. The lowest BCUT2D eigenvalue weighted by atomic mass is 9.92. The average Bonchev–Trinajstić information content (AvgIpc) is 2.90. The molecular formula is C15H11FIN5S2. The molecule has 0 fully saturated rings. The molecular weight excluding hydrogens is 460 g/mol. The van der Waals surface area contributed by atoms with E-state index in [9.17, 15) is 4.39 Å². The third-order valence-electron chi connectivity index (χ3n) is 3.99. The molecule has 0 aromatic carbocycles. The molecule has 0 bridgehead atoms. The minimum absolute atomic E-state index is 0.0836. The summed E-state index contributed by atoms with van der Waals surface area (Å²) >= 11 is 7.84. The summed E-state index contributed by atoms with van der Waals surface area (Å²) in [7, 11) is 0. The van der Waals surface area contributed by atoms with Crippen molar-refractivity contribution >= 4 is 58.0 Å². The number of thioether (sulfide) groups is 1. The highest BCUT2D eigenvalue weighted by Crippen LogP contribution is 2.45. The largest absolute Gasteiger partial charge is 0.297 e. The van der Waals surface area contributed by atoms with E-state index in [0.29, 0.717) is 19.8 Å². The van der Waals surface area contributed by atoms with Crippen molar-refractivity contribution in [3.63, 3.8) is 0 Å². The average molecular weight is 471 g/mol. The van der Waals surface area contributed by atoms with Gasteiger partial charge in [0.2, 0.25) is 0 Å². The van der Waals surface area contributed by atoms with Crippen LogP contribution in [-0.2, 0) is 0 Å². The van der Waals surface area contributed by atoms with Crippen molar-refractivity contribution in [1.29, 1.82) is 0 Å². The number of aliphatic imine (C=N–C) groups is 1. The van der Waals surface area contributed by atoms with Crippen LogP contribution < -0.4 is 4.90 Å². The first-order valence-corrected chi connectivity index (χ1v) is 9.80. The van der Waals surface area contributed by atoms with E-state index < -0.39 is 0 Å². The number of nitrogens with zero attached hydrogens (tertiary/aromatic N) is 5. The van der Waals surface area contributed by atoms with Crippen LogP contribution in [-0.4, -0.2) is 32.4 Å². The molecule has 0 spiro atoms. The van der Waals surface area contributed by atoms with Crippen LogP contribution in [0, 0.1) is 9.52 Å². The Hall–Kier alpha value is -1.20. The molecule has 4 rings (SSSR count). The highest BCUT2D eigenvalue weighted by molar-refractivity contribution is 14.1. The Morgan fingerprint density at radius 3 is 3.00 bits per heavy atom. The van der Waals surface area contributed by atoms with Gasteiger partial charge in [0.25, 0.3) is 0 Å². The number of pyridine rings is 1. The number of fused-ring (bicyclic) bond motifs is 3. The molecule has 0 N–H and O–H groups in total. The Bertz CT molecular complexity index is 888. The van der Waals surface area contributed by atoms with Gasteiger partial charge in [-0.15, -0.1) is 12.6 Å². The Kier molecular flexibility index (Phi) is 4.25. The second-order valence-corrected chi connectivity index (χ2v) is 7.45. The van der Waals surface area contributed by atoms with Crippen LogP contribution in [0.25, 0.3) is 0 Å². The number of anilines is 1.